The van der Waals surface area contributed by atoms with Gasteiger partial charge in [-0.2, -0.15) is 0 Å². The number of carbonyl (C=O) groups excluding carboxylic acids is 1. The molecule has 4 nitrogen and oxygen atoms in total. The summed E-state index contributed by atoms with van der Waals surface area (Å²) in [7, 11) is 0. The molecule has 0 unspecified atom stereocenters. The SMILES string of the molecule is CCCCC(=O)Nc1ccc(NCc2ccncc2)cc1. The fraction of sp³-hybridized carbons (Fsp3) is 0.294. The first kappa shape index (κ1) is 15.0. The lowest BCUT2D eigenvalue weighted by molar-refractivity contribution is -0.116. The van der Waals surface area contributed by atoms with E-state index in [0.29, 0.717) is 6.42 Å². The smallest absolute Gasteiger partial charge is 0.224 e. The Morgan fingerprint density at radius 3 is 2.38 bits per heavy atom. The number of amides is 1. The summed E-state index contributed by atoms with van der Waals surface area (Å²) < 4.78 is 0. The number of carbonyl (C=O) groups is 1. The molecule has 0 saturated heterocycles. The van der Waals surface area contributed by atoms with E-state index in [2.05, 4.69) is 22.5 Å². The second-order valence-electron chi connectivity index (χ2n) is 4.94. The second-order valence-corrected chi connectivity index (χ2v) is 4.94. The summed E-state index contributed by atoms with van der Waals surface area (Å²) in [4.78, 5) is 15.6. The summed E-state index contributed by atoms with van der Waals surface area (Å²) >= 11 is 0. The van der Waals surface area contributed by atoms with E-state index in [4.69, 9.17) is 0 Å². The van der Waals surface area contributed by atoms with Crippen LogP contribution >= 0.6 is 0 Å². The van der Waals surface area contributed by atoms with Gasteiger partial charge in [0.1, 0.15) is 0 Å². The molecule has 0 fully saturated rings. The van der Waals surface area contributed by atoms with Crippen LogP contribution in [0.4, 0.5) is 11.4 Å². The van der Waals surface area contributed by atoms with Crippen LogP contribution in [0.2, 0.25) is 0 Å². The zero-order chi connectivity index (χ0) is 14.9. The van der Waals surface area contributed by atoms with E-state index in [1.165, 1.54) is 5.56 Å². The molecule has 0 atom stereocenters. The molecule has 0 aliphatic carbocycles. The van der Waals surface area contributed by atoms with E-state index in [1.54, 1.807) is 12.4 Å². The molecule has 0 radical (unpaired) electrons. The Kier molecular flexibility index (Phi) is 5.76. The van der Waals surface area contributed by atoms with Gasteiger partial charge in [0.05, 0.1) is 0 Å². The van der Waals surface area contributed by atoms with Crippen molar-refractivity contribution < 1.29 is 4.79 Å². The number of unbranched alkanes of at least 4 members (excludes halogenated alkanes) is 1. The minimum atomic E-state index is 0.0781. The number of hydrogen-bond acceptors (Lipinski definition) is 3. The van der Waals surface area contributed by atoms with Gasteiger partial charge >= 0.3 is 0 Å². The normalized spacial score (nSPS) is 10.1. The molecule has 4 heteroatoms. The molecule has 0 bridgehead atoms. The summed E-state index contributed by atoms with van der Waals surface area (Å²) in [6, 6.07) is 11.7. The first-order valence-corrected chi connectivity index (χ1v) is 7.30. The molecular formula is C17H21N3O. The molecule has 1 aromatic heterocycles. The van der Waals surface area contributed by atoms with Gasteiger partial charge in [0.15, 0.2) is 0 Å². The number of anilines is 2. The Morgan fingerprint density at radius 1 is 1.05 bits per heavy atom. The number of benzene rings is 1. The largest absolute Gasteiger partial charge is 0.381 e. The summed E-state index contributed by atoms with van der Waals surface area (Å²) in [5, 5.41) is 6.24. The van der Waals surface area contributed by atoms with Crippen molar-refractivity contribution >= 4 is 17.3 Å². The summed E-state index contributed by atoms with van der Waals surface area (Å²) in [6.45, 7) is 2.83. The van der Waals surface area contributed by atoms with E-state index < -0.39 is 0 Å². The maximum Gasteiger partial charge on any atom is 0.224 e. The van der Waals surface area contributed by atoms with E-state index in [1.807, 2.05) is 36.4 Å². The molecule has 110 valence electrons. The predicted octanol–water partition coefficient (Wildman–Crippen LogP) is 3.82. The van der Waals surface area contributed by atoms with Crippen molar-refractivity contribution in [3.63, 3.8) is 0 Å². The standard InChI is InChI=1S/C17H21N3O/c1-2-3-4-17(21)20-16-7-5-15(6-8-16)19-13-14-9-11-18-12-10-14/h5-12,19H,2-4,13H2,1H3,(H,20,21). The first-order valence-electron chi connectivity index (χ1n) is 7.30. The Bertz CT molecular complexity index is 552. The minimum Gasteiger partial charge on any atom is -0.381 e. The van der Waals surface area contributed by atoms with Crippen molar-refractivity contribution in [3.8, 4) is 0 Å². The van der Waals surface area contributed by atoms with Crippen molar-refractivity contribution in [3.05, 3.63) is 54.4 Å². The fourth-order valence-electron chi connectivity index (χ4n) is 1.94. The third-order valence-electron chi connectivity index (χ3n) is 3.17. The highest BCUT2D eigenvalue weighted by Crippen LogP contribution is 2.15. The Labute approximate surface area is 125 Å². The van der Waals surface area contributed by atoms with Gasteiger partial charge in [-0.1, -0.05) is 13.3 Å². The van der Waals surface area contributed by atoms with Gasteiger partial charge in [0.25, 0.3) is 0 Å². The molecule has 0 spiro atoms. The van der Waals surface area contributed by atoms with Crippen LogP contribution in [-0.2, 0) is 11.3 Å². The van der Waals surface area contributed by atoms with Crippen molar-refractivity contribution in [1.29, 1.82) is 0 Å². The van der Waals surface area contributed by atoms with Crippen LogP contribution in [0.25, 0.3) is 0 Å². The molecule has 21 heavy (non-hydrogen) atoms. The van der Waals surface area contributed by atoms with Gasteiger partial charge in [-0.05, 0) is 48.4 Å². The highest BCUT2D eigenvalue weighted by atomic mass is 16.1. The molecule has 1 aromatic carbocycles. The van der Waals surface area contributed by atoms with E-state index in [0.717, 1.165) is 30.8 Å². The highest BCUT2D eigenvalue weighted by molar-refractivity contribution is 5.90. The lowest BCUT2D eigenvalue weighted by atomic mass is 10.2. The molecule has 0 aliphatic heterocycles. The molecular weight excluding hydrogens is 262 g/mol. The monoisotopic (exact) mass is 283 g/mol. The number of aromatic nitrogens is 1. The van der Waals surface area contributed by atoms with Gasteiger partial charge in [0, 0.05) is 36.7 Å². The van der Waals surface area contributed by atoms with Crippen LogP contribution < -0.4 is 10.6 Å². The number of nitrogens with one attached hydrogen (secondary N) is 2. The van der Waals surface area contributed by atoms with Crippen molar-refractivity contribution in [2.75, 3.05) is 10.6 Å². The maximum absolute atomic E-state index is 11.6. The summed E-state index contributed by atoms with van der Waals surface area (Å²) in [6.07, 6.45) is 6.11. The van der Waals surface area contributed by atoms with Gasteiger partial charge in [0.2, 0.25) is 5.91 Å². The lowest BCUT2D eigenvalue weighted by Gasteiger charge is -2.08. The van der Waals surface area contributed by atoms with Crippen LogP contribution in [0.1, 0.15) is 31.7 Å². The van der Waals surface area contributed by atoms with Crippen molar-refractivity contribution in [2.24, 2.45) is 0 Å². The zero-order valence-electron chi connectivity index (χ0n) is 12.3. The second kappa shape index (κ2) is 8.04. The van der Waals surface area contributed by atoms with Crippen LogP contribution in [-0.4, -0.2) is 10.9 Å². The molecule has 1 heterocycles. The zero-order valence-corrected chi connectivity index (χ0v) is 12.3. The Morgan fingerprint density at radius 2 is 1.71 bits per heavy atom. The molecule has 2 aromatic rings. The summed E-state index contributed by atoms with van der Waals surface area (Å²) in [5.74, 6) is 0.0781. The Balaban J connectivity index is 1.83. The van der Waals surface area contributed by atoms with Crippen LogP contribution in [0.3, 0.4) is 0 Å². The van der Waals surface area contributed by atoms with E-state index in [9.17, 15) is 4.79 Å². The van der Waals surface area contributed by atoms with E-state index in [-0.39, 0.29) is 5.91 Å². The van der Waals surface area contributed by atoms with Gasteiger partial charge in [-0.3, -0.25) is 9.78 Å². The average Bonchev–Trinajstić information content (AvgIpc) is 2.53. The quantitative estimate of drug-likeness (QED) is 0.812. The first-order chi connectivity index (χ1) is 10.3. The number of pyridine rings is 1. The van der Waals surface area contributed by atoms with Crippen LogP contribution in [0.15, 0.2) is 48.8 Å². The van der Waals surface area contributed by atoms with Crippen LogP contribution in [0.5, 0.6) is 0 Å². The number of hydrogen-bond donors (Lipinski definition) is 2. The minimum absolute atomic E-state index is 0.0781. The lowest BCUT2D eigenvalue weighted by Crippen LogP contribution is -2.10. The maximum atomic E-state index is 11.6. The van der Waals surface area contributed by atoms with Gasteiger partial charge < -0.3 is 10.6 Å². The van der Waals surface area contributed by atoms with Gasteiger partial charge in [-0.15, -0.1) is 0 Å². The number of rotatable bonds is 7. The third kappa shape index (κ3) is 5.26. The van der Waals surface area contributed by atoms with Crippen molar-refractivity contribution in [1.82, 2.24) is 4.98 Å². The molecule has 0 saturated carbocycles. The van der Waals surface area contributed by atoms with Crippen LogP contribution in [0, 0.1) is 0 Å². The van der Waals surface area contributed by atoms with Gasteiger partial charge in [-0.25, -0.2) is 0 Å². The topological polar surface area (TPSA) is 54.0 Å². The number of nitrogens with zero attached hydrogens (tertiary/aromatic N) is 1. The average molecular weight is 283 g/mol. The van der Waals surface area contributed by atoms with E-state index >= 15 is 0 Å². The molecule has 2 rings (SSSR count). The molecule has 1 amide bonds. The molecule has 2 N–H and O–H groups in total. The third-order valence-corrected chi connectivity index (χ3v) is 3.17. The fourth-order valence-corrected chi connectivity index (χ4v) is 1.94. The van der Waals surface area contributed by atoms with Crippen molar-refractivity contribution in [2.45, 2.75) is 32.7 Å². The highest BCUT2D eigenvalue weighted by Gasteiger charge is 2.01. The predicted molar refractivity (Wildman–Crippen MR) is 86.2 cm³/mol. The summed E-state index contributed by atoms with van der Waals surface area (Å²) in [5.41, 5.74) is 3.05. The molecule has 0 aliphatic rings. The Hall–Kier alpha value is -2.36.